The summed E-state index contributed by atoms with van der Waals surface area (Å²) in [6.45, 7) is 17.1. The van der Waals surface area contributed by atoms with Gasteiger partial charge in [-0.1, -0.05) is 62.2 Å². The number of ether oxygens (including phenoxy) is 2. The number of benzene rings is 2. The van der Waals surface area contributed by atoms with Crippen LogP contribution in [0.4, 0.5) is 0 Å². The SMILES string of the molecule is CCOc1cc(CNC(C)(C)CC(C)(C)C)cc(Cl)c1OCc1cccc(C)c1. The average molecular weight is 418 g/mol. The van der Waals surface area contributed by atoms with Crippen molar-refractivity contribution in [2.24, 2.45) is 5.41 Å². The highest BCUT2D eigenvalue weighted by molar-refractivity contribution is 6.32. The molecule has 0 aliphatic rings. The predicted octanol–water partition coefficient (Wildman–Crippen LogP) is 6.93. The van der Waals surface area contributed by atoms with Gasteiger partial charge in [0.15, 0.2) is 11.5 Å². The van der Waals surface area contributed by atoms with Gasteiger partial charge in [0, 0.05) is 12.1 Å². The number of halogens is 1. The lowest BCUT2D eigenvalue weighted by molar-refractivity contribution is 0.240. The summed E-state index contributed by atoms with van der Waals surface area (Å²) in [6, 6.07) is 12.3. The molecule has 0 bridgehead atoms. The van der Waals surface area contributed by atoms with Crippen LogP contribution in [0.1, 0.15) is 64.7 Å². The second-order valence-corrected chi connectivity index (χ2v) is 10.00. The van der Waals surface area contributed by atoms with Gasteiger partial charge in [0.1, 0.15) is 6.61 Å². The standard InChI is InChI=1S/C25H36ClNO2/c1-8-28-22-14-20(15-27-25(6,7)17-24(3,4)5)13-21(26)23(22)29-16-19-11-9-10-18(2)12-19/h9-14,27H,8,15-17H2,1-7H3. The topological polar surface area (TPSA) is 30.5 Å². The average Bonchev–Trinajstić information content (AvgIpc) is 2.58. The molecular formula is C25H36ClNO2. The molecule has 2 aromatic rings. The minimum absolute atomic E-state index is 0.0246. The van der Waals surface area contributed by atoms with Crippen molar-refractivity contribution < 1.29 is 9.47 Å². The Bertz CT molecular complexity index is 809. The van der Waals surface area contributed by atoms with E-state index in [1.54, 1.807) is 0 Å². The van der Waals surface area contributed by atoms with Crippen LogP contribution in [0.3, 0.4) is 0 Å². The molecule has 0 aromatic heterocycles. The fourth-order valence-corrected chi connectivity index (χ4v) is 4.10. The normalized spacial score (nSPS) is 12.1. The van der Waals surface area contributed by atoms with E-state index in [-0.39, 0.29) is 11.0 Å². The molecule has 2 aromatic carbocycles. The summed E-state index contributed by atoms with van der Waals surface area (Å²) >= 11 is 6.59. The first-order valence-corrected chi connectivity index (χ1v) is 10.8. The molecule has 0 heterocycles. The van der Waals surface area contributed by atoms with Crippen molar-refractivity contribution in [3.8, 4) is 11.5 Å². The van der Waals surface area contributed by atoms with Crippen molar-refractivity contribution >= 4 is 11.6 Å². The lowest BCUT2D eigenvalue weighted by Crippen LogP contribution is -2.41. The van der Waals surface area contributed by atoms with E-state index in [2.05, 4.69) is 65.1 Å². The molecule has 0 aliphatic heterocycles. The summed E-state index contributed by atoms with van der Waals surface area (Å²) in [6.07, 6.45) is 1.07. The Balaban J connectivity index is 2.14. The van der Waals surface area contributed by atoms with Gasteiger partial charge in [-0.15, -0.1) is 0 Å². The van der Waals surface area contributed by atoms with Gasteiger partial charge in [0.2, 0.25) is 0 Å². The van der Waals surface area contributed by atoms with Crippen LogP contribution in [0.25, 0.3) is 0 Å². The van der Waals surface area contributed by atoms with Gasteiger partial charge in [0.25, 0.3) is 0 Å². The van der Waals surface area contributed by atoms with E-state index in [1.165, 1.54) is 5.56 Å². The third-order valence-corrected chi connectivity index (χ3v) is 4.86. The van der Waals surface area contributed by atoms with Crippen LogP contribution in [0.15, 0.2) is 36.4 Å². The highest BCUT2D eigenvalue weighted by Gasteiger charge is 2.25. The number of nitrogens with one attached hydrogen (secondary N) is 1. The minimum Gasteiger partial charge on any atom is -0.490 e. The summed E-state index contributed by atoms with van der Waals surface area (Å²) in [5, 5.41) is 4.23. The second-order valence-electron chi connectivity index (χ2n) is 9.59. The van der Waals surface area contributed by atoms with Gasteiger partial charge in [-0.2, -0.15) is 0 Å². The molecule has 160 valence electrons. The van der Waals surface area contributed by atoms with Gasteiger partial charge in [-0.05, 0) is 62.8 Å². The van der Waals surface area contributed by atoms with Crippen molar-refractivity contribution in [2.75, 3.05) is 6.61 Å². The third kappa shape index (κ3) is 7.91. The molecule has 0 fully saturated rings. The number of rotatable bonds is 9. The molecule has 0 atom stereocenters. The van der Waals surface area contributed by atoms with Crippen LogP contribution >= 0.6 is 11.6 Å². The van der Waals surface area contributed by atoms with Gasteiger partial charge in [-0.25, -0.2) is 0 Å². The quantitative estimate of drug-likeness (QED) is 0.479. The zero-order valence-corrected chi connectivity index (χ0v) is 19.7. The Hall–Kier alpha value is -1.71. The molecule has 0 saturated heterocycles. The third-order valence-electron chi connectivity index (χ3n) is 4.58. The Labute approximate surface area is 181 Å². The van der Waals surface area contributed by atoms with Crippen LogP contribution in [-0.2, 0) is 13.2 Å². The first kappa shape index (κ1) is 23.6. The molecule has 0 unspecified atom stereocenters. The molecule has 4 heteroatoms. The molecule has 0 saturated carbocycles. The van der Waals surface area contributed by atoms with Gasteiger partial charge < -0.3 is 14.8 Å². The molecule has 29 heavy (non-hydrogen) atoms. The Morgan fingerprint density at radius 2 is 1.69 bits per heavy atom. The Morgan fingerprint density at radius 1 is 0.966 bits per heavy atom. The lowest BCUT2D eigenvalue weighted by Gasteiger charge is -2.33. The highest BCUT2D eigenvalue weighted by atomic mass is 35.5. The molecule has 0 amide bonds. The van der Waals surface area contributed by atoms with Crippen molar-refractivity contribution in [3.63, 3.8) is 0 Å². The monoisotopic (exact) mass is 417 g/mol. The van der Waals surface area contributed by atoms with E-state index in [4.69, 9.17) is 21.1 Å². The first-order valence-electron chi connectivity index (χ1n) is 10.4. The summed E-state index contributed by atoms with van der Waals surface area (Å²) in [7, 11) is 0. The molecule has 1 N–H and O–H groups in total. The van der Waals surface area contributed by atoms with Gasteiger partial charge in [0.05, 0.1) is 11.6 Å². The summed E-state index contributed by atoms with van der Waals surface area (Å²) in [5.41, 5.74) is 3.69. The van der Waals surface area contributed by atoms with Gasteiger partial charge in [-0.3, -0.25) is 0 Å². The lowest BCUT2D eigenvalue weighted by atomic mass is 9.82. The fourth-order valence-electron chi connectivity index (χ4n) is 3.81. The van der Waals surface area contributed by atoms with Gasteiger partial charge >= 0.3 is 0 Å². The molecular weight excluding hydrogens is 382 g/mol. The van der Waals surface area contributed by atoms with E-state index in [9.17, 15) is 0 Å². The van der Waals surface area contributed by atoms with E-state index in [1.807, 2.05) is 25.1 Å². The van der Waals surface area contributed by atoms with Crippen LogP contribution < -0.4 is 14.8 Å². The Kier molecular flexibility index (Phi) is 8.02. The largest absolute Gasteiger partial charge is 0.490 e. The highest BCUT2D eigenvalue weighted by Crippen LogP contribution is 2.37. The maximum Gasteiger partial charge on any atom is 0.180 e. The van der Waals surface area contributed by atoms with E-state index in [0.717, 1.165) is 24.1 Å². The maximum absolute atomic E-state index is 6.59. The zero-order valence-electron chi connectivity index (χ0n) is 19.0. The fraction of sp³-hybridized carbons (Fsp3) is 0.520. The Morgan fingerprint density at radius 3 is 2.31 bits per heavy atom. The maximum atomic E-state index is 6.59. The molecule has 3 nitrogen and oxygen atoms in total. The summed E-state index contributed by atoms with van der Waals surface area (Å²) < 4.78 is 11.9. The van der Waals surface area contributed by atoms with Crippen molar-refractivity contribution in [3.05, 3.63) is 58.1 Å². The molecule has 2 rings (SSSR count). The molecule has 0 spiro atoms. The van der Waals surface area contributed by atoms with Crippen molar-refractivity contribution in [1.29, 1.82) is 0 Å². The van der Waals surface area contributed by atoms with Crippen molar-refractivity contribution in [1.82, 2.24) is 5.32 Å². The molecule has 0 aliphatic carbocycles. The summed E-state index contributed by atoms with van der Waals surface area (Å²) in [4.78, 5) is 0. The smallest absolute Gasteiger partial charge is 0.180 e. The second kappa shape index (κ2) is 9.86. The number of hydrogen-bond donors (Lipinski definition) is 1. The van der Waals surface area contributed by atoms with Crippen LogP contribution in [0, 0.1) is 12.3 Å². The summed E-state index contributed by atoms with van der Waals surface area (Å²) in [5.74, 6) is 1.30. The first-order chi connectivity index (χ1) is 13.5. The van der Waals surface area contributed by atoms with E-state index in [0.29, 0.717) is 29.7 Å². The zero-order chi connectivity index (χ0) is 21.7. The van der Waals surface area contributed by atoms with Crippen LogP contribution in [-0.4, -0.2) is 12.1 Å². The predicted molar refractivity (Wildman–Crippen MR) is 123 cm³/mol. The molecule has 0 radical (unpaired) electrons. The van der Waals surface area contributed by atoms with E-state index < -0.39 is 0 Å². The van der Waals surface area contributed by atoms with Crippen LogP contribution in [0.2, 0.25) is 5.02 Å². The number of hydrogen-bond acceptors (Lipinski definition) is 3. The minimum atomic E-state index is 0.0246. The van der Waals surface area contributed by atoms with Crippen molar-refractivity contribution in [2.45, 2.75) is 73.6 Å². The van der Waals surface area contributed by atoms with E-state index >= 15 is 0 Å². The number of aryl methyl sites for hydroxylation is 1. The van der Waals surface area contributed by atoms with Crippen LogP contribution in [0.5, 0.6) is 11.5 Å².